The molecule has 5 nitrogen and oxygen atoms in total. The number of nitrogens with one attached hydrogen (secondary N) is 1. The summed E-state index contributed by atoms with van der Waals surface area (Å²) in [6, 6.07) is 2.99. The second kappa shape index (κ2) is 8.31. The lowest BCUT2D eigenvalue weighted by molar-refractivity contribution is 0.180. The molecule has 1 N–H and O–H groups in total. The summed E-state index contributed by atoms with van der Waals surface area (Å²) in [6.07, 6.45) is 0. The van der Waals surface area contributed by atoms with Crippen LogP contribution in [0.25, 0.3) is 0 Å². The van der Waals surface area contributed by atoms with Gasteiger partial charge in [0.15, 0.2) is 0 Å². The number of hydrogen-bond donors (Lipinski definition) is 1. The van der Waals surface area contributed by atoms with Gasteiger partial charge >= 0.3 is 0 Å². The molecule has 0 fully saturated rings. The highest BCUT2D eigenvalue weighted by Crippen LogP contribution is 2.32. The van der Waals surface area contributed by atoms with Crippen LogP contribution in [0.1, 0.15) is 12.5 Å². The SMILES string of the molecule is CCN(CCOC)S(=O)(=O)c1ccc(Cl)c(CNC)c1Cl. The van der Waals surface area contributed by atoms with Gasteiger partial charge in [0.1, 0.15) is 4.90 Å². The van der Waals surface area contributed by atoms with Crippen molar-refractivity contribution >= 4 is 33.2 Å². The van der Waals surface area contributed by atoms with Gasteiger partial charge in [0.25, 0.3) is 0 Å². The van der Waals surface area contributed by atoms with E-state index in [1.165, 1.54) is 17.5 Å². The average molecular weight is 355 g/mol. The van der Waals surface area contributed by atoms with Gasteiger partial charge in [-0.2, -0.15) is 4.31 Å². The average Bonchev–Trinajstić information content (AvgIpc) is 2.43. The second-order valence-electron chi connectivity index (χ2n) is 4.36. The van der Waals surface area contributed by atoms with E-state index in [2.05, 4.69) is 5.32 Å². The lowest BCUT2D eigenvalue weighted by Gasteiger charge is -2.21. The predicted octanol–water partition coefficient (Wildman–Crippen LogP) is 2.37. The Morgan fingerprint density at radius 2 is 2.00 bits per heavy atom. The zero-order valence-corrected chi connectivity index (χ0v) is 14.6. The monoisotopic (exact) mass is 354 g/mol. The molecule has 0 aliphatic carbocycles. The number of benzene rings is 1. The molecule has 8 heteroatoms. The molecule has 120 valence electrons. The first kappa shape index (κ1) is 18.7. The van der Waals surface area contributed by atoms with Gasteiger partial charge in [-0.3, -0.25) is 0 Å². The van der Waals surface area contributed by atoms with Crippen LogP contribution in [0.2, 0.25) is 10.0 Å². The smallest absolute Gasteiger partial charge is 0.244 e. The van der Waals surface area contributed by atoms with Crippen LogP contribution in [0.5, 0.6) is 0 Å². The molecule has 0 atom stereocenters. The summed E-state index contributed by atoms with van der Waals surface area (Å²) in [7, 11) is -0.407. The predicted molar refractivity (Wildman–Crippen MR) is 85.5 cm³/mol. The third kappa shape index (κ3) is 4.31. The lowest BCUT2D eigenvalue weighted by atomic mass is 10.2. The highest BCUT2D eigenvalue weighted by atomic mass is 35.5. The van der Waals surface area contributed by atoms with Crippen LogP contribution in [0.15, 0.2) is 17.0 Å². The standard InChI is InChI=1S/C13H20Cl2N2O3S/c1-4-17(7-8-20-3)21(18,19)12-6-5-11(14)10(9-16-2)13(12)15/h5-6,16H,4,7-9H2,1-3H3. The molecule has 0 bridgehead atoms. The van der Waals surface area contributed by atoms with Crippen molar-refractivity contribution in [2.75, 3.05) is 33.9 Å². The number of nitrogens with zero attached hydrogens (tertiary/aromatic N) is 1. The van der Waals surface area contributed by atoms with E-state index in [0.717, 1.165) is 0 Å². The maximum absolute atomic E-state index is 12.7. The van der Waals surface area contributed by atoms with Gasteiger partial charge in [-0.15, -0.1) is 0 Å². The number of sulfonamides is 1. The van der Waals surface area contributed by atoms with E-state index in [9.17, 15) is 8.42 Å². The molecular formula is C13H20Cl2N2O3S. The summed E-state index contributed by atoms with van der Waals surface area (Å²) in [5.74, 6) is 0. The minimum Gasteiger partial charge on any atom is -0.383 e. The van der Waals surface area contributed by atoms with Crippen LogP contribution in [0, 0.1) is 0 Å². The van der Waals surface area contributed by atoms with Gasteiger partial charge in [-0.1, -0.05) is 30.1 Å². The highest BCUT2D eigenvalue weighted by molar-refractivity contribution is 7.89. The summed E-state index contributed by atoms with van der Waals surface area (Å²) in [5.41, 5.74) is 0.574. The maximum Gasteiger partial charge on any atom is 0.244 e. The molecule has 0 aromatic heterocycles. The first-order valence-electron chi connectivity index (χ1n) is 6.50. The molecule has 0 amide bonds. The number of hydrogen-bond acceptors (Lipinski definition) is 4. The topological polar surface area (TPSA) is 58.6 Å². The fourth-order valence-electron chi connectivity index (χ4n) is 1.89. The Morgan fingerprint density at radius 1 is 1.33 bits per heavy atom. The van der Waals surface area contributed by atoms with Gasteiger partial charge < -0.3 is 10.1 Å². The van der Waals surface area contributed by atoms with Gasteiger partial charge in [0, 0.05) is 37.3 Å². The number of ether oxygens (including phenoxy) is 1. The minimum atomic E-state index is -3.68. The van der Waals surface area contributed by atoms with Crippen molar-refractivity contribution < 1.29 is 13.2 Å². The highest BCUT2D eigenvalue weighted by Gasteiger charge is 2.27. The Balaban J connectivity index is 3.27. The minimum absolute atomic E-state index is 0.0665. The summed E-state index contributed by atoms with van der Waals surface area (Å²) < 4.78 is 31.6. The van der Waals surface area contributed by atoms with Crippen LogP contribution in [-0.2, 0) is 21.3 Å². The second-order valence-corrected chi connectivity index (χ2v) is 7.05. The number of methoxy groups -OCH3 is 1. The van der Waals surface area contributed by atoms with Crippen molar-refractivity contribution in [3.05, 3.63) is 27.7 Å². The van der Waals surface area contributed by atoms with E-state index in [0.29, 0.717) is 30.3 Å². The van der Waals surface area contributed by atoms with Crippen molar-refractivity contribution in [1.82, 2.24) is 9.62 Å². The molecule has 0 unspecified atom stereocenters. The van der Waals surface area contributed by atoms with Crippen LogP contribution in [-0.4, -0.2) is 46.6 Å². The van der Waals surface area contributed by atoms with Gasteiger partial charge in [0.05, 0.1) is 11.6 Å². The lowest BCUT2D eigenvalue weighted by Crippen LogP contribution is -2.34. The van der Waals surface area contributed by atoms with E-state index in [1.807, 2.05) is 0 Å². The van der Waals surface area contributed by atoms with Gasteiger partial charge in [0.2, 0.25) is 10.0 Å². The molecule has 0 heterocycles. The van der Waals surface area contributed by atoms with Gasteiger partial charge in [-0.05, 0) is 19.2 Å². The van der Waals surface area contributed by atoms with E-state index >= 15 is 0 Å². The van der Waals surface area contributed by atoms with E-state index in [1.54, 1.807) is 20.0 Å². The largest absolute Gasteiger partial charge is 0.383 e. The summed E-state index contributed by atoms with van der Waals surface area (Å²) in [5, 5.41) is 3.52. The molecule has 0 radical (unpaired) electrons. The van der Waals surface area contributed by atoms with E-state index in [-0.39, 0.29) is 16.5 Å². The van der Waals surface area contributed by atoms with Crippen LogP contribution in [0.3, 0.4) is 0 Å². The Kier molecular flexibility index (Phi) is 7.39. The third-order valence-corrected chi connectivity index (χ3v) is 5.93. The van der Waals surface area contributed by atoms with Crippen LogP contribution < -0.4 is 5.32 Å². The molecule has 0 aliphatic heterocycles. The number of likely N-dealkylation sites (N-methyl/N-ethyl adjacent to an activating group) is 1. The van der Waals surface area contributed by atoms with Crippen molar-refractivity contribution in [3.8, 4) is 0 Å². The normalized spacial score (nSPS) is 12.1. The fourth-order valence-corrected chi connectivity index (χ4v) is 4.21. The Labute approximate surface area is 136 Å². The van der Waals surface area contributed by atoms with Crippen LogP contribution in [0.4, 0.5) is 0 Å². The maximum atomic E-state index is 12.7. The Morgan fingerprint density at radius 3 is 2.52 bits per heavy atom. The summed E-state index contributed by atoms with van der Waals surface area (Å²) in [6.45, 7) is 3.10. The van der Waals surface area contributed by atoms with Crippen molar-refractivity contribution in [2.45, 2.75) is 18.4 Å². The molecule has 21 heavy (non-hydrogen) atoms. The van der Waals surface area contributed by atoms with Crippen molar-refractivity contribution in [2.24, 2.45) is 0 Å². The number of halogens is 2. The summed E-state index contributed by atoms with van der Waals surface area (Å²) >= 11 is 12.3. The van der Waals surface area contributed by atoms with Crippen molar-refractivity contribution in [1.29, 1.82) is 0 Å². The number of rotatable bonds is 8. The molecular weight excluding hydrogens is 335 g/mol. The quantitative estimate of drug-likeness (QED) is 0.778. The molecule has 1 aromatic carbocycles. The first-order valence-corrected chi connectivity index (χ1v) is 8.70. The molecule has 1 rings (SSSR count). The van der Waals surface area contributed by atoms with E-state index < -0.39 is 10.0 Å². The zero-order chi connectivity index (χ0) is 16.0. The molecule has 0 aliphatic rings. The molecule has 0 saturated heterocycles. The summed E-state index contributed by atoms with van der Waals surface area (Å²) in [4.78, 5) is 0.0665. The fraction of sp³-hybridized carbons (Fsp3) is 0.538. The van der Waals surface area contributed by atoms with Gasteiger partial charge in [-0.25, -0.2) is 8.42 Å². The zero-order valence-electron chi connectivity index (χ0n) is 12.3. The Bertz CT molecular complexity index is 579. The third-order valence-electron chi connectivity index (χ3n) is 3.02. The van der Waals surface area contributed by atoms with E-state index in [4.69, 9.17) is 27.9 Å². The van der Waals surface area contributed by atoms with Crippen LogP contribution >= 0.6 is 23.2 Å². The first-order chi connectivity index (χ1) is 9.89. The molecule has 0 saturated carbocycles. The molecule has 1 aromatic rings. The molecule has 0 spiro atoms. The Hall–Kier alpha value is -0.370. The van der Waals surface area contributed by atoms with Crippen molar-refractivity contribution in [3.63, 3.8) is 0 Å².